The highest BCUT2D eigenvalue weighted by Gasteiger charge is 2.40. The Balaban J connectivity index is 0.000000113. The number of rotatable bonds is 15. The molecule has 6 aliphatic rings. The molecular formula is C135H99N3O2S4. The van der Waals surface area contributed by atoms with Crippen molar-refractivity contribution < 1.29 is 9.47 Å². The minimum Gasteiger partial charge on any atom is -0.455 e. The Morgan fingerprint density at radius 1 is 0.160 bits per heavy atom. The van der Waals surface area contributed by atoms with Crippen LogP contribution in [-0.2, 0) is 16.2 Å². The molecule has 3 aliphatic heterocycles. The molecular weight excluding hydrogens is 1820 g/mol. The molecule has 5 nitrogen and oxygen atoms in total. The van der Waals surface area contributed by atoms with Crippen LogP contribution in [0.3, 0.4) is 0 Å². The number of fused-ring (bicyclic) bond motifs is 15. The summed E-state index contributed by atoms with van der Waals surface area (Å²) in [4.78, 5) is 17.0. The monoisotopic (exact) mass is 1920 g/mol. The van der Waals surface area contributed by atoms with Crippen LogP contribution in [-0.4, -0.2) is 0 Å². The van der Waals surface area contributed by atoms with Gasteiger partial charge in [0, 0.05) is 92.6 Å². The Hall–Kier alpha value is -16.0. The highest BCUT2D eigenvalue weighted by molar-refractivity contribution is 8.05. The number of anilines is 9. The summed E-state index contributed by atoms with van der Waals surface area (Å²) in [6, 6.07) is 178. The molecule has 0 fully saturated rings. The van der Waals surface area contributed by atoms with Gasteiger partial charge in [-0.25, -0.2) is 0 Å². The second kappa shape index (κ2) is 37.2. The molecule has 0 aromatic heterocycles. The standard InChI is InChI=1S/2C45H33NOS.C45H33NS2/c1-45(2)39-15-7-6-13-37(39)38-28-27-35(29-40(38)45)46(33-23-19-31(20-24-33)30-11-4-3-5-12-30)34-25-21-32(22-26-34)36-14-10-17-42-44(36)48-43-18-9-8-16-41(43)47-42;1-45(2)39-15-7-6-13-37(39)38-28-27-35(29-40(38)45)46(33-23-19-31(20-24-33)30-11-4-3-5-12-30)34-25-21-32(22-26-34)36-14-10-18-43-44(36)47-41-16-8-9-17-42(41)48-43;1-45(2)39-15-7-6-13-37(39)38-28-27-35(29-40(38)45)46(33-23-19-31(20-24-33)30-11-4-3-5-12-30)34-25-21-32(22-26-34)36-14-10-18-43-44(36)48-42-17-9-8-16-41(42)47-43/h3*3-29H,1-2H3. The van der Waals surface area contributed by atoms with E-state index >= 15 is 0 Å². The van der Waals surface area contributed by atoms with Crippen molar-refractivity contribution in [3.05, 3.63) is 525 Å². The molecule has 0 bridgehead atoms. The second-order valence-electron chi connectivity index (χ2n) is 38.9. The highest BCUT2D eigenvalue weighted by atomic mass is 32.2. The summed E-state index contributed by atoms with van der Waals surface area (Å²) in [5.74, 6) is 3.65. The predicted molar refractivity (Wildman–Crippen MR) is 605 cm³/mol. The van der Waals surface area contributed by atoms with Crippen LogP contribution < -0.4 is 24.2 Å². The quantitative estimate of drug-likeness (QED) is 0.0995. The van der Waals surface area contributed by atoms with Crippen molar-refractivity contribution in [3.63, 3.8) is 0 Å². The Morgan fingerprint density at radius 3 is 0.812 bits per heavy atom. The summed E-state index contributed by atoms with van der Waals surface area (Å²) in [5, 5.41) is 0. The maximum absolute atomic E-state index is 6.48. The molecule has 0 spiro atoms. The van der Waals surface area contributed by atoms with Gasteiger partial charge < -0.3 is 24.2 Å². The lowest BCUT2D eigenvalue weighted by Crippen LogP contribution is -2.16. The fourth-order valence-electron chi connectivity index (χ4n) is 21.8. The van der Waals surface area contributed by atoms with Crippen molar-refractivity contribution in [2.75, 3.05) is 14.7 Å². The normalized spacial score (nSPS) is 13.5. The smallest absolute Gasteiger partial charge is 0.149 e. The minimum absolute atomic E-state index is 0.0741. The van der Waals surface area contributed by atoms with Crippen LogP contribution >= 0.6 is 47.0 Å². The van der Waals surface area contributed by atoms with Gasteiger partial charge in [0.25, 0.3) is 0 Å². The number of hydrogen-bond acceptors (Lipinski definition) is 9. The van der Waals surface area contributed by atoms with Crippen LogP contribution in [0, 0.1) is 0 Å². The van der Waals surface area contributed by atoms with Gasteiger partial charge in [-0.05, 0) is 292 Å². The van der Waals surface area contributed by atoms with Gasteiger partial charge in [0.1, 0.15) is 23.0 Å². The summed E-state index contributed by atoms with van der Waals surface area (Å²) in [6.07, 6.45) is 0. The summed E-state index contributed by atoms with van der Waals surface area (Å²) >= 11 is 7.29. The van der Waals surface area contributed by atoms with Crippen molar-refractivity contribution >= 4 is 98.2 Å². The van der Waals surface area contributed by atoms with Crippen LogP contribution in [0.25, 0.3) is 100 Å². The molecule has 0 radical (unpaired) electrons. The van der Waals surface area contributed by atoms with Crippen molar-refractivity contribution in [1.82, 2.24) is 0 Å². The predicted octanol–water partition coefficient (Wildman–Crippen LogP) is 39.5. The average molecular weight is 1920 g/mol. The molecule has 3 heterocycles. The van der Waals surface area contributed by atoms with E-state index in [0.29, 0.717) is 0 Å². The van der Waals surface area contributed by atoms with E-state index < -0.39 is 0 Å². The van der Waals surface area contributed by atoms with Gasteiger partial charge in [-0.3, -0.25) is 0 Å². The fourth-order valence-corrected chi connectivity index (χ4v) is 26.3. The van der Waals surface area contributed by atoms with Gasteiger partial charge in [0.2, 0.25) is 0 Å². The number of nitrogens with zero attached hydrogens (tertiary/aromatic N) is 3. The van der Waals surface area contributed by atoms with Gasteiger partial charge in [-0.2, -0.15) is 0 Å². The first-order chi connectivity index (χ1) is 70.6. The van der Waals surface area contributed by atoms with Gasteiger partial charge in [-0.15, -0.1) is 0 Å². The zero-order valence-corrected chi connectivity index (χ0v) is 83.8. The average Bonchev–Trinajstić information content (AvgIpc) is 1.58. The number of ether oxygens (including phenoxy) is 2. The third-order valence-corrected chi connectivity index (χ3v) is 34.2. The lowest BCUT2D eigenvalue weighted by Gasteiger charge is -2.28. The lowest BCUT2D eigenvalue weighted by atomic mass is 9.82. The Kier molecular flexibility index (Phi) is 23.1. The summed E-state index contributed by atoms with van der Waals surface area (Å²) < 4.78 is 12.8. The Morgan fingerprint density at radius 2 is 0.410 bits per heavy atom. The SMILES string of the molecule is CC1(C)c2ccccc2-c2ccc(N(c3ccc(-c4ccccc4)cc3)c3ccc(-c4cccc5c4Oc4ccccc4S5)cc3)cc21.CC1(C)c2ccccc2-c2ccc(N(c3ccc(-c4ccccc4)cc3)c3ccc(-c4cccc5c4Sc4ccccc4O5)cc3)cc21.CC1(C)c2ccccc2-c2ccc(N(c3ccc(-c4ccccc4)cc3)c3ccc(-c4cccc5c4Sc4ccccc4S5)cc3)cc21. The van der Waals surface area contributed by atoms with E-state index in [-0.39, 0.29) is 16.2 Å². The molecule has 3 aliphatic carbocycles. The van der Waals surface area contributed by atoms with E-state index in [4.69, 9.17) is 9.47 Å². The van der Waals surface area contributed by atoms with Crippen LogP contribution in [0.2, 0.25) is 0 Å². The first-order valence-corrected chi connectivity index (χ1v) is 52.5. The van der Waals surface area contributed by atoms with Gasteiger partial charge in [-0.1, -0.05) is 416 Å². The van der Waals surface area contributed by atoms with E-state index in [1.165, 1.54) is 136 Å². The molecule has 0 saturated carbocycles. The van der Waals surface area contributed by atoms with Crippen molar-refractivity contribution in [1.29, 1.82) is 0 Å². The van der Waals surface area contributed by atoms with Crippen LogP contribution in [0.15, 0.2) is 531 Å². The first-order valence-electron chi connectivity index (χ1n) is 49.3. The van der Waals surface area contributed by atoms with Gasteiger partial charge in [0.05, 0.1) is 19.6 Å². The van der Waals surface area contributed by atoms with Gasteiger partial charge in [0.15, 0.2) is 0 Å². The van der Waals surface area contributed by atoms with Crippen molar-refractivity contribution in [2.45, 2.75) is 97.0 Å². The molecule has 0 saturated heterocycles. The minimum atomic E-state index is -0.0857. The molecule has 27 rings (SSSR count). The van der Waals surface area contributed by atoms with Crippen LogP contribution in [0.4, 0.5) is 51.2 Å². The highest BCUT2D eigenvalue weighted by Crippen LogP contribution is 2.59. The second-order valence-corrected chi connectivity index (χ2v) is 43.2. The zero-order chi connectivity index (χ0) is 96.7. The summed E-state index contributed by atoms with van der Waals surface area (Å²) in [5.41, 5.74) is 40.5. The molecule has 0 N–H and O–H groups in total. The number of benzene rings is 21. The molecule has 0 unspecified atom stereocenters. The molecule has 690 valence electrons. The van der Waals surface area contributed by atoms with E-state index in [9.17, 15) is 0 Å². The molecule has 0 amide bonds. The summed E-state index contributed by atoms with van der Waals surface area (Å²) in [7, 11) is 0. The zero-order valence-electron chi connectivity index (χ0n) is 80.6. The number of hydrogen-bond donors (Lipinski definition) is 0. The van der Waals surface area contributed by atoms with Crippen LogP contribution in [0.5, 0.6) is 23.0 Å². The van der Waals surface area contributed by atoms with Gasteiger partial charge >= 0.3 is 0 Å². The van der Waals surface area contributed by atoms with Crippen LogP contribution in [0.1, 0.15) is 74.9 Å². The maximum atomic E-state index is 6.48. The fraction of sp³-hybridized carbons (Fsp3) is 0.0667. The molecule has 0 atom stereocenters. The molecule has 144 heavy (non-hydrogen) atoms. The molecule has 21 aromatic carbocycles. The van der Waals surface area contributed by atoms with Crippen molar-refractivity contribution in [2.24, 2.45) is 0 Å². The Bertz CT molecular complexity index is 7710. The van der Waals surface area contributed by atoms with Crippen molar-refractivity contribution in [3.8, 4) is 123 Å². The topological polar surface area (TPSA) is 28.2 Å². The van der Waals surface area contributed by atoms with E-state index in [0.717, 1.165) is 110 Å². The third kappa shape index (κ3) is 16.4. The molecule has 21 aromatic rings. The lowest BCUT2D eigenvalue weighted by molar-refractivity contribution is 0.455. The maximum Gasteiger partial charge on any atom is 0.149 e. The van der Waals surface area contributed by atoms with E-state index in [2.05, 4.69) is 523 Å². The first kappa shape index (κ1) is 89.4. The summed E-state index contributed by atoms with van der Waals surface area (Å²) in [6.45, 7) is 14.1. The largest absolute Gasteiger partial charge is 0.455 e. The van der Waals surface area contributed by atoms with E-state index in [1.807, 2.05) is 47.8 Å². The third-order valence-electron chi connectivity index (χ3n) is 29.3. The molecule has 9 heteroatoms. The number of para-hydroxylation sites is 3. The van der Waals surface area contributed by atoms with E-state index in [1.54, 1.807) is 23.5 Å². The Labute approximate surface area is 860 Å².